The van der Waals surface area contributed by atoms with E-state index in [2.05, 4.69) is 56.3 Å². The van der Waals surface area contributed by atoms with Crippen molar-refractivity contribution in [1.29, 1.82) is 5.26 Å². The minimum absolute atomic E-state index is 0.373. The third-order valence-corrected chi connectivity index (χ3v) is 5.24. The number of hydrogen-bond donors (Lipinski definition) is 3. The van der Waals surface area contributed by atoms with Gasteiger partial charge in [-0.25, -0.2) is 4.98 Å². The van der Waals surface area contributed by atoms with Gasteiger partial charge in [0.1, 0.15) is 5.82 Å². The summed E-state index contributed by atoms with van der Waals surface area (Å²) in [5.74, 6) is 2.22. The van der Waals surface area contributed by atoms with Crippen molar-refractivity contribution in [2.45, 2.75) is 53.0 Å². The Hall–Kier alpha value is -3.36. The second kappa shape index (κ2) is 17.2. The molecule has 0 radical (unpaired) electrons. The number of fused-ring (bicyclic) bond motifs is 1. The van der Waals surface area contributed by atoms with Crippen LogP contribution < -0.4 is 16.4 Å². The maximum atomic E-state index is 8.55. The zero-order valence-electron chi connectivity index (χ0n) is 21.3. The molecule has 0 saturated heterocycles. The zero-order chi connectivity index (χ0) is 25.2. The van der Waals surface area contributed by atoms with E-state index in [1.165, 1.54) is 12.0 Å². The summed E-state index contributed by atoms with van der Waals surface area (Å²) >= 11 is 0. The van der Waals surface area contributed by atoms with Gasteiger partial charge < -0.3 is 16.4 Å². The molecule has 2 aromatic carbocycles. The monoisotopic (exact) mass is 459 g/mol. The predicted molar refractivity (Wildman–Crippen MR) is 146 cm³/mol. The van der Waals surface area contributed by atoms with Crippen molar-refractivity contribution in [2.75, 3.05) is 23.7 Å². The molecule has 1 aliphatic heterocycles. The van der Waals surface area contributed by atoms with E-state index in [0.717, 1.165) is 24.0 Å². The Morgan fingerprint density at radius 2 is 1.56 bits per heavy atom. The molecule has 0 bridgehead atoms. The van der Waals surface area contributed by atoms with Crippen LogP contribution in [0, 0.1) is 17.2 Å². The zero-order valence-corrected chi connectivity index (χ0v) is 21.3. The summed E-state index contributed by atoms with van der Waals surface area (Å²) in [4.78, 5) is 4.20. The van der Waals surface area contributed by atoms with Gasteiger partial charge in [-0.2, -0.15) is 5.26 Å². The van der Waals surface area contributed by atoms with Gasteiger partial charge in [-0.15, -0.1) is 0 Å². The van der Waals surface area contributed by atoms with Crippen molar-refractivity contribution < 1.29 is 0 Å². The molecule has 1 aliphatic rings. The predicted octanol–water partition coefficient (Wildman–Crippen LogP) is 6.67. The maximum absolute atomic E-state index is 8.55. The fraction of sp³-hybridized carbons (Fsp3) is 0.379. The van der Waals surface area contributed by atoms with Crippen LogP contribution >= 0.6 is 0 Å². The van der Waals surface area contributed by atoms with Gasteiger partial charge in [0.25, 0.3) is 0 Å². The molecular weight excluding hydrogens is 418 g/mol. The van der Waals surface area contributed by atoms with Crippen LogP contribution in [0.15, 0.2) is 79.0 Å². The molecule has 34 heavy (non-hydrogen) atoms. The van der Waals surface area contributed by atoms with Crippen molar-refractivity contribution in [3.63, 3.8) is 0 Å². The molecule has 4 rings (SSSR count). The van der Waals surface area contributed by atoms with E-state index in [1.54, 1.807) is 6.20 Å². The van der Waals surface area contributed by atoms with Gasteiger partial charge in [0.2, 0.25) is 0 Å². The topological polar surface area (TPSA) is 86.8 Å². The second-order valence-electron chi connectivity index (χ2n) is 8.65. The lowest BCUT2D eigenvalue weighted by atomic mass is 10.0. The number of nitrogens with one attached hydrogen (secondary N) is 2. The molecular formula is C29H41N5. The minimum Gasteiger partial charge on any atom is -0.380 e. The highest BCUT2D eigenvalue weighted by molar-refractivity contribution is 5.66. The number of nitrogens with zero attached hydrogens (tertiary/aromatic N) is 2. The number of benzene rings is 2. The normalized spacial score (nSPS) is 14.0. The molecule has 2 heterocycles. The molecule has 0 amide bonds. The lowest BCUT2D eigenvalue weighted by Crippen LogP contribution is -2.30. The number of nitrogens with two attached hydrogens (primary N) is 1. The average Bonchev–Trinajstić information content (AvgIpc) is 2.90. The van der Waals surface area contributed by atoms with E-state index in [1.807, 2.05) is 72.8 Å². The first-order valence-corrected chi connectivity index (χ1v) is 12.1. The SMILES string of the molecule is CC(CN)c1ccc(C#N)cc1.CC1CNc2cccnc2N1.CCC(C)C.c1ccccc1. The summed E-state index contributed by atoms with van der Waals surface area (Å²) in [6, 6.07) is 26.1. The van der Waals surface area contributed by atoms with Gasteiger partial charge in [-0.1, -0.05) is 82.6 Å². The molecule has 0 fully saturated rings. The minimum atomic E-state index is 0.373. The molecule has 2 unspecified atom stereocenters. The molecule has 0 saturated carbocycles. The Morgan fingerprint density at radius 1 is 1.00 bits per heavy atom. The largest absolute Gasteiger partial charge is 0.380 e. The lowest BCUT2D eigenvalue weighted by molar-refractivity contribution is 0.626. The van der Waals surface area contributed by atoms with Crippen LogP contribution in [0.5, 0.6) is 0 Å². The molecule has 5 nitrogen and oxygen atoms in total. The van der Waals surface area contributed by atoms with Crippen molar-refractivity contribution in [3.8, 4) is 6.07 Å². The summed E-state index contributed by atoms with van der Waals surface area (Å²) in [5, 5.41) is 15.1. The van der Waals surface area contributed by atoms with Crippen molar-refractivity contribution in [3.05, 3.63) is 90.1 Å². The Morgan fingerprint density at radius 3 is 2.03 bits per heavy atom. The van der Waals surface area contributed by atoms with E-state index < -0.39 is 0 Å². The summed E-state index contributed by atoms with van der Waals surface area (Å²) in [7, 11) is 0. The summed E-state index contributed by atoms with van der Waals surface area (Å²) in [6.45, 7) is 12.5. The van der Waals surface area contributed by atoms with Crippen LogP contribution in [-0.2, 0) is 0 Å². The first-order valence-electron chi connectivity index (χ1n) is 12.1. The average molecular weight is 460 g/mol. The van der Waals surface area contributed by atoms with E-state index in [4.69, 9.17) is 11.0 Å². The molecule has 0 spiro atoms. The van der Waals surface area contributed by atoms with Crippen molar-refractivity contribution in [2.24, 2.45) is 11.7 Å². The lowest BCUT2D eigenvalue weighted by Gasteiger charge is -2.24. The standard InChI is InChI=1S/C10H12N2.C8H11N3.C6H6.C5H12/c1-8(6-11)10-4-2-9(7-12)3-5-10;1-6-5-10-7-3-2-4-9-8(7)11-6;1-2-4-6-5-3-1;1-4-5(2)3/h2-5,8H,6,11H2,1H3;2-4,6,10H,5H2,1H3,(H,9,11);1-6H;5H,4H2,1-3H3. The van der Waals surface area contributed by atoms with Crippen LogP contribution in [0.1, 0.15) is 58.1 Å². The van der Waals surface area contributed by atoms with E-state index in [0.29, 0.717) is 24.1 Å². The van der Waals surface area contributed by atoms with Gasteiger partial charge in [-0.05, 0) is 55.1 Å². The summed E-state index contributed by atoms with van der Waals surface area (Å²) < 4.78 is 0. The maximum Gasteiger partial charge on any atom is 0.149 e. The van der Waals surface area contributed by atoms with Gasteiger partial charge in [0.05, 0.1) is 17.3 Å². The first kappa shape index (κ1) is 28.7. The molecule has 1 aromatic heterocycles. The van der Waals surface area contributed by atoms with Crippen molar-refractivity contribution >= 4 is 11.5 Å². The molecule has 4 N–H and O–H groups in total. The van der Waals surface area contributed by atoms with Crippen LogP contribution in [0.25, 0.3) is 0 Å². The third-order valence-electron chi connectivity index (χ3n) is 5.24. The first-order chi connectivity index (χ1) is 16.4. The van der Waals surface area contributed by atoms with Crippen molar-refractivity contribution in [1.82, 2.24) is 4.98 Å². The van der Waals surface area contributed by atoms with Crippen LogP contribution in [0.3, 0.4) is 0 Å². The molecule has 0 aliphatic carbocycles. The summed E-state index contributed by atoms with van der Waals surface area (Å²) in [6.07, 6.45) is 3.10. The van der Waals surface area contributed by atoms with Gasteiger partial charge in [0.15, 0.2) is 0 Å². The van der Waals surface area contributed by atoms with Gasteiger partial charge in [0, 0.05) is 18.8 Å². The highest BCUT2D eigenvalue weighted by Gasteiger charge is 2.12. The molecule has 182 valence electrons. The highest BCUT2D eigenvalue weighted by Crippen LogP contribution is 2.21. The Kier molecular flexibility index (Phi) is 14.5. The quantitative estimate of drug-likeness (QED) is 0.407. The van der Waals surface area contributed by atoms with E-state index in [-0.39, 0.29) is 0 Å². The van der Waals surface area contributed by atoms with E-state index >= 15 is 0 Å². The number of rotatable bonds is 3. The van der Waals surface area contributed by atoms with Gasteiger partial charge >= 0.3 is 0 Å². The Labute approximate surface area is 206 Å². The smallest absolute Gasteiger partial charge is 0.149 e. The number of hydrogen-bond acceptors (Lipinski definition) is 5. The van der Waals surface area contributed by atoms with Crippen LogP contribution in [0.2, 0.25) is 0 Å². The molecule has 5 heteroatoms. The number of pyridine rings is 1. The van der Waals surface area contributed by atoms with E-state index in [9.17, 15) is 0 Å². The Balaban J connectivity index is 0.000000241. The second-order valence-corrected chi connectivity index (χ2v) is 8.65. The number of nitriles is 1. The number of anilines is 2. The Bertz CT molecular complexity index is 906. The van der Waals surface area contributed by atoms with Crippen LogP contribution in [0.4, 0.5) is 11.5 Å². The molecule has 3 aromatic rings. The molecule has 2 atom stereocenters. The number of aromatic nitrogens is 1. The third kappa shape index (κ3) is 12.0. The summed E-state index contributed by atoms with van der Waals surface area (Å²) in [5.41, 5.74) is 8.50. The van der Waals surface area contributed by atoms with Crippen LogP contribution in [-0.4, -0.2) is 24.1 Å². The fourth-order valence-corrected chi connectivity index (χ4v) is 2.62. The van der Waals surface area contributed by atoms with Gasteiger partial charge in [-0.3, -0.25) is 0 Å². The highest BCUT2D eigenvalue weighted by atomic mass is 15.1. The fourth-order valence-electron chi connectivity index (χ4n) is 2.62.